The monoisotopic (exact) mass is 450 g/mol. The second kappa shape index (κ2) is 6.88. The fraction of sp³-hybridized carbons (Fsp3) is 0.450. The highest BCUT2D eigenvalue weighted by Crippen LogP contribution is 2.54. The minimum atomic E-state index is -3.09. The van der Waals surface area contributed by atoms with E-state index >= 15 is 0 Å². The van der Waals surface area contributed by atoms with E-state index in [1.165, 1.54) is 18.4 Å². The van der Waals surface area contributed by atoms with E-state index in [9.17, 15) is 12.8 Å². The molecule has 158 valence electrons. The van der Waals surface area contributed by atoms with E-state index in [4.69, 9.17) is 16.1 Å². The quantitative estimate of drug-likeness (QED) is 0.572. The minimum absolute atomic E-state index is 0.0296. The molecule has 0 unspecified atom stereocenters. The van der Waals surface area contributed by atoms with Gasteiger partial charge in [-0.2, -0.15) is 10.1 Å². The van der Waals surface area contributed by atoms with Crippen LogP contribution in [0.3, 0.4) is 0 Å². The van der Waals surface area contributed by atoms with E-state index in [0.29, 0.717) is 29.0 Å². The zero-order chi connectivity index (χ0) is 21.1. The molecule has 0 atom stereocenters. The van der Waals surface area contributed by atoms with E-state index in [0.717, 1.165) is 48.9 Å². The lowest BCUT2D eigenvalue weighted by Gasteiger charge is -2.12. The molecule has 0 amide bonds. The van der Waals surface area contributed by atoms with Gasteiger partial charge in [-0.3, -0.25) is 4.68 Å². The van der Waals surface area contributed by atoms with Crippen LogP contribution in [-0.2, 0) is 34.6 Å². The first kappa shape index (κ1) is 19.7. The minimum Gasteiger partial charge on any atom is -0.332 e. The van der Waals surface area contributed by atoms with Gasteiger partial charge in [0, 0.05) is 22.5 Å². The van der Waals surface area contributed by atoms with Gasteiger partial charge < -0.3 is 4.52 Å². The zero-order valence-electron chi connectivity index (χ0n) is 16.4. The fourth-order valence-corrected chi connectivity index (χ4v) is 5.10. The van der Waals surface area contributed by atoms with Crippen molar-refractivity contribution < 1.29 is 17.3 Å². The summed E-state index contributed by atoms with van der Waals surface area (Å²) >= 11 is 6.29. The molecule has 0 saturated heterocycles. The van der Waals surface area contributed by atoms with Crippen molar-refractivity contribution in [3.8, 4) is 11.6 Å². The summed E-state index contributed by atoms with van der Waals surface area (Å²) in [6, 6.07) is 4.37. The topological polar surface area (TPSA) is 90.9 Å². The summed E-state index contributed by atoms with van der Waals surface area (Å²) in [6.45, 7) is 0.303. The lowest BCUT2D eigenvalue weighted by atomic mass is 9.95. The molecule has 2 aromatic heterocycles. The van der Waals surface area contributed by atoms with Gasteiger partial charge in [0.25, 0.3) is 5.89 Å². The van der Waals surface area contributed by atoms with E-state index in [2.05, 4.69) is 15.2 Å². The molecule has 0 aliphatic heterocycles. The number of aromatic nitrogens is 4. The van der Waals surface area contributed by atoms with Gasteiger partial charge in [0.1, 0.15) is 15.7 Å². The summed E-state index contributed by atoms with van der Waals surface area (Å²) in [5.74, 6) is 0.486. The maximum atomic E-state index is 13.5. The van der Waals surface area contributed by atoms with Gasteiger partial charge in [-0.15, -0.1) is 0 Å². The molecule has 1 saturated carbocycles. The second-order valence-electron chi connectivity index (χ2n) is 8.11. The zero-order valence-corrected chi connectivity index (χ0v) is 17.9. The first-order valence-electron chi connectivity index (χ1n) is 9.83. The Morgan fingerprint density at radius 3 is 2.80 bits per heavy atom. The van der Waals surface area contributed by atoms with Gasteiger partial charge in [-0.05, 0) is 49.8 Å². The van der Waals surface area contributed by atoms with Gasteiger partial charge in [-0.25, -0.2) is 12.8 Å². The van der Waals surface area contributed by atoms with Crippen LogP contribution < -0.4 is 0 Å². The van der Waals surface area contributed by atoms with Crippen LogP contribution in [0.15, 0.2) is 22.7 Å². The van der Waals surface area contributed by atoms with Gasteiger partial charge in [-0.1, -0.05) is 22.8 Å². The number of benzene rings is 1. The van der Waals surface area contributed by atoms with Gasteiger partial charge in [0.05, 0.1) is 17.7 Å². The number of hydrogen-bond acceptors (Lipinski definition) is 6. The Bertz CT molecular complexity index is 1250. The number of hydrogen-bond donors (Lipinski definition) is 0. The van der Waals surface area contributed by atoms with Crippen molar-refractivity contribution in [2.45, 2.75) is 44.1 Å². The van der Waals surface area contributed by atoms with Crippen LogP contribution in [-0.4, -0.2) is 40.3 Å². The summed E-state index contributed by atoms with van der Waals surface area (Å²) in [5, 5.41) is 9.16. The van der Waals surface area contributed by atoms with Crippen molar-refractivity contribution in [1.29, 1.82) is 0 Å². The Morgan fingerprint density at radius 2 is 2.10 bits per heavy atom. The standard InChI is InChI=1S/C20H20ClFN4O3S/c1-30(27,28)10-9-26-16-4-2-3-13(16)17(24-26)18-23-19(25-29-18)20(7-8-20)14-6-5-12(22)11-15(14)21/h5-6,11H,2-4,7-10H2,1H3. The summed E-state index contributed by atoms with van der Waals surface area (Å²) in [5.41, 5.74) is 3.03. The Balaban J connectivity index is 1.49. The van der Waals surface area contributed by atoms with Gasteiger partial charge >= 0.3 is 0 Å². The van der Waals surface area contributed by atoms with Crippen LogP contribution in [0.25, 0.3) is 11.6 Å². The Kier molecular flexibility index (Phi) is 4.52. The Morgan fingerprint density at radius 1 is 1.30 bits per heavy atom. The van der Waals surface area contributed by atoms with Crippen molar-refractivity contribution in [3.05, 3.63) is 51.7 Å². The number of rotatable bonds is 6. The highest BCUT2D eigenvalue weighted by atomic mass is 35.5. The summed E-state index contributed by atoms with van der Waals surface area (Å²) in [4.78, 5) is 4.63. The van der Waals surface area contributed by atoms with Crippen molar-refractivity contribution in [3.63, 3.8) is 0 Å². The summed E-state index contributed by atoms with van der Waals surface area (Å²) in [6.07, 6.45) is 5.50. The molecule has 5 rings (SSSR count). The molecule has 1 fully saturated rings. The molecule has 30 heavy (non-hydrogen) atoms. The fourth-order valence-electron chi connectivity index (χ4n) is 4.25. The van der Waals surface area contributed by atoms with Crippen molar-refractivity contribution in [2.24, 2.45) is 0 Å². The summed E-state index contributed by atoms with van der Waals surface area (Å²) < 4.78 is 43.9. The van der Waals surface area contributed by atoms with Gasteiger partial charge in [0.2, 0.25) is 0 Å². The molecule has 0 bridgehead atoms. The smallest absolute Gasteiger partial charge is 0.278 e. The normalized spacial score (nSPS) is 17.3. The average Bonchev–Trinajstić information content (AvgIpc) is 3.05. The van der Waals surface area contributed by atoms with E-state index in [1.807, 2.05) is 0 Å². The molecule has 0 N–H and O–H groups in total. The first-order valence-corrected chi connectivity index (χ1v) is 12.3. The molecule has 2 aliphatic carbocycles. The molecule has 7 nitrogen and oxygen atoms in total. The highest BCUT2D eigenvalue weighted by Gasteiger charge is 2.51. The van der Waals surface area contributed by atoms with Crippen molar-refractivity contribution >= 4 is 21.4 Å². The SMILES string of the molecule is CS(=O)(=O)CCn1nc(-c2nc(C3(c4ccc(F)cc4Cl)CC3)no2)c2c1CCC2. The lowest BCUT2D eigenvalue weighted by Crippen LogP contribution is -2.14. The summed E-state index contributed by atoms with van der Waals surface area (Å²) in [7, 11) is -3.09. The van der Waals surface area contributed by atoms with E-state index in [-0.39, 0.29) is 11.6 Å². The van der Waals surface area contributed by atoms with Crippen LogP contribution in [0.1, 0.15) is 41.9 Å². The molecule has 0 radical (unpaired) electrons. The predicted molar refractivity (Wildman–Crippen MR) is 109 cm³/mol. The van der Waals surface area contributed by atoms with Crippen LogP contribution >= 0.6 is 11.6 Å². The molecule has 0 spiro atoms. The first-order chi connectivity index (χ1) is 14.3. The lowest BCUT2D eigenvalue weighted by molar-refractivity contribution is 0.415. The van der Waals surface area contributed by atoms with Crippen LogP contribution in [0.5, 0.6) is 0 Å². The maximum absolute atomic E-state index is 13.5. The highest BCUT2D eigenvalue weighted by molar-refractivity contribution is 7.90. The van der Waals surface area contributed by atoms with Crippen LogP contribution in [0.4, 0.5) is 4.39 Å². The van der Waals surface area contributed by atoms with Crippen molar-refractivity contribution in [2.75, 3.05) is 12.0 Å². The van der Waals surface area contributed by atoms with Gasteiger partial charge in [0.15, 0.2) is 11.5 Å². The Hall–Kier alpha value is -2.26. The third kappa shape index (κ3) is 3.33. The number of sulfone groups is 1. The number of nitrogens with zero attached hydrogens (tertiary/aromatic N) is 4. The molecular weight excluding hydrogens is 431 g/mol. The number of halogens is 2. The third-order valence-corrected chi connectivity index (χ3v) is 7.17. The Labute approximate surface area is 178 Å². The largest absolute Gasteiger partial charge is 0.332 e. The van der Waals surface area contributed by atoms with E-state index < -0.39 is 15.3 Å². The number of fused-ring (bicyclic) bond motifs is 1. The second-order valence-corrected chi connectivity index (χ2v) is 10.8. The molecule has 2 aliphatic rings. The molecule has 1 aromatic carbocycles. The third-order valence-electron chi connectivity index (χ3n) is 5.93. The average molecular weight is 451 g/mol. The molecular formula is C20H20ClFN4O3S. The van der Waals surface area contributed by atoms with Crippen molar-refractivity contribution in [1.82, 2.24) is 19.9 Å². The van der Waals surface area contributed by atoms with Crippen LogP contribution in [0.2, 0.25) is 5.02 Å². The van der Waals surface area contributed by atoms with E-state index in [1.54, 1.807) is 10.7 Å². The molecule has 2 heterocycles. The maximum Gasteiger partial charge on any atom is 0.278 e. The molecule has 3 aromatic rings. The molecule has 10 heteroatoms. The predicted octanol–water partition coefficient (Wildman–Crippen LogP) is 3.34. The number of aryl methyl sites for hydroxylation is 1. The van der Waals surface area contributed by atoms with Crippen LogP contribution in [0, 0.1) is 5.82 Å².